The van der Waals surface area contributed by atoms with Crippen molar-refractivity contribution in [2.75, 3.05) is 19.6 Å². The largest absolute Gasteiger partial charge is 0.378 e. The Morgan fingerprint density at radius 1 is 1.24 bits per heavy atom. The van der Waals surface area contributed by atoms with Gasteiger partial charge in [-0.25, -0.2) is 0 Å². The first-order valence-electron chi connectivity index (χ1n) is 6.18. The first-order valence-corrected chi connectivity index (χ1v) is 6.18. The van der Waals surface area contributed by atoms with Gasteiger partial charge in [0.2, 0.25) is 0 Å². The molecule has 2 heteroatoms. The second kappa shape index (κ2) is 5.35. The van der Waals surface area contributed by atoms with Gasteiger partial charge >= 0.3 is 0 Å². The third kappa shape index (κ3) is 3.33. The van der Waals surface area contributed by atoms with Crippen molar-refractivity contribution < 1.29 is 5.11 Å². The molecule has 2 rings (SSSR count). The van der Waals surface area contributed by atoms with Gasteiger partial charge in [0.05, 0.1) is 0 Å². The smallest absolute Gasteiger partial charge is 0.127 e. The fraction of sp³-hybridized carbons (Fsp3) is 0.467. The zero-order valence-corrected chi connectivity index (χ0v) is 10.1. The highest BCUT2D eigenvalue weighted by molar-refractivity contribution is 5.15. The highest BCUT2D eigenvalue weighted by Crippen LogP contribution is 2.21. The molecule has 0 spiro atoms. The van der Waals surface area contributed by atoms with Crippen LogP contribution in [0.2, 0.25) is 0 Å². The van der Waals surface area contributed by atoms with Crippen molar-refractivity contribution >= 4 is 0 Å². The van der Waals surface area contributed by atoms with Gasteiger partial charge < -0.3 is 10.0 Å². The van der Waals surface area contributed by atoms with Crippen LogP contribution in [0.1, 0.15) is 18.4 Å². The molecular weight excluding hydrogens is 210 g/mol. The Kier molecular flexibility index (Phi) is 3.83. The number of benzene rings is 1. The van der Waals surface area contributed by atoms with Crippen LogP contribution in [0.3, 0.4) is 0 Å². The minimum atomic E-state index is -0.858. The van der Waals surface area contributed by atoms with E-state index in [1.54, 1.807) is 0 Å². The molecule has 17 heavy (non-hydrogen) atoms. The van der Waals surface area contributed by atoms with Crippen LogP contribution in [-0.2, 0) is 6.42 Å². The fourth-order valence-corrected chi connectivity index (χ4v) is 2.22. The molecule has 0 radical (unpaired) electrons. The number of hydrogen-bond acceptors (Lipinski definition) is 2. The monoisotopic (exact) mass is 229 g/mol. The maximum atomic E-state index is 9.92. The maximum Gasteiger partial charge on any atom is 0.127 e. The summed E-state index contributed by atoms with van der Waals surface area (Å²) in [5.41, 5.74) is 0.508. The average Bonchev–Trinajstić information content (AvgIpc) is 2.39. The summed E-state index contributed by atoms with van der Waals surface area (Å²) in [7, 11) is 0. The summed E-state index contributed by atoms with van der Waals surface area (Å²) in [4.78, 5) is 2.37. The molecule has 0 amide bonds. The molecule has 1 aromatic rings. The second-order valence-corrected chi connectivity index (χ2v) is 4.75. The Hall–Kier alpha value is -1.30. The van der Waals surface area contributed by atoms with Crippen molar-refractivity contribution in [2.45, 2.75) is 24.9 Å². The summed E-state index contributed by atoms with van der Waals surface area (Å²) in [6, 6.07) is 10.5. The van der Waals surface area contributed by atoms with E-state index in [4.69, 9.17) is 6.42 Å². The van der Waals surface area contributed by atoms with Crippen LogP contribution in [0.15, 0.2) is 30.3 Å². The minimum absolute atomic E-state index is 0.693. The quantitative estimate of drug-likeness (QED) is 0.797. The molecule has 0 saturated carbocycles. The third-order valence-electron chi connectivity index (χ3n) is 3.51. The number of likely N-dealkylation sites (tertiary alicyclic amines) is 1. The molecule has 0 aromatic heterocycles. The molecule has 1 heterocycles. The van der Waals surface area contributed by atoms with Crippen LogP contribution in [0.4, 0.5) is 0 Å². The van der Waals surface area contributed by atoms with E-state index in [9.17, 15) is 5.11 Å². The van der Waals surface area contributed by atoms with Crippen LogP contribution in [0, 0.1) is 12.3 Å². The Morgan fingerprint density at radius 3 is 2.47 bits per heavy atom. The van der Waals surface area contributed by atoms with Crippen molar-refractivity contribution in [3.05, 3.63) is 35.9 Å². The van der Waals surface area contributed by atoms with Crippen molar-refractivity contribution in [2.24, 2.45) is 0 Å². The van der Waals surface area contributed by atoms with Crippen molar-refractivity contribution in [3.63, 3.8) is 0 Å². The fourth-order valence-electron chi connectivity index (χ4n) is 2.22. The first kappa shape index (κ1) is 12.2. The standard InChI is InChI=1S/C15H19NO/c1-2-15(17)9-12-16(13-10-15)11-8-14-6-4-3-5-7-14/h1,3-7,17H,8-13H2. The molecule has 90 valence electrons. The van der Waals surface area contributed by atoms with Crippen molar-refractivity contribution in [1.82, 2.24) is 4.90 Å². The van der Waals surface area contributed by atoms with Gasteiger partial charge in [-0.05, 0) is 12.0 Å². The van der Waals surface area contributed by atoms with E-state index in [0.29, 0.717) is 12.8 Å². The molecule has 1 N–H and O–H groups in total. The lowest BCUT2D eigenvalue weighted by Gasteiger charge is -2.34. The minimum Gasteiger partial charge on any atom is -0.378 e. The second-order valence-electron chi connectivity index (χ2n) is 4.75. The normalized spacial score (nSPS) is 19.8. The molecule has 1 aromatic carbocycles. The van der Waals surface area contributed by atoms with Gasteiger partial charge in [-0.3, -0.25) is 0 Å². The molecule has 1 aliphatic heterocycles. The topological polar surface area (TPSA) is 23.5 Å². The molecule has 1 saturated heterocycles. The number of aliphatic hydroxyl groups is 1. The maximum absolute atomic E-state index is 9.92. The SMILES string of the molecule is C#CC1(O)CCN(CCc2ccccc2)CC1. The van der Waals surface area contributed by atoms with Crippen LogP contribution in [0.5, 0.6) is 0 Å². The van der Waals surface area contributed by atoms with E-state index in [1.807, 2.05) is 6.07 Å². The predicted molar refractivity (Wildman–Crippen MR) is 69.6 cm³/mol. The molecule has 0 aliphatic carbocycles. The zero-order valence-electron chi connectivity index (χ0n) is 10.1. The summed E-state index contributed by atoms with van der Waals surface area (Å²) in [5, 5.41) is 9.92. The Labute approximate surface area is 103 Å². The van der Waals surface area contributed by atoms with Gasteiger partial charge in [-0.15, -0.1) is 6.42 Å². The van der Waals surface area contributed by atoms with Crippen molar-refractivity contribution in [3.8, 4) is 12.3 Å². The summed E-state index contributed by atoms with van der Waals surface area (Å²) in [6.07, 6.45) is 7.78. The van der Waals surface area contributed by atoms with Gasteiger partial charge in [0.25, 0.3) is 0 Å². The summed E-state index contributed by atoms with van der Waals surface area (Å²) < 4.78 is 0. The molecule has 1 fully saturated rings. The predicted octanol–water partition coefficient (Wildman–Crippen LogP) is 1.69. The number of rotatable bonds is 3. The third-order valence-corrected chi connectivity index (χ3v) is 3.51. The number of hydrogen-bond donors (Lipinski definition) is 1. The summed E-state index contributed by atoms with van der Waals surface area (Å²) >= 11 is 0. The Bertz CT molecular complexity index is 385. The Balaban J connectivity index is 1.78. The molecule has 1 aliphatic rings. The number of terminal acetylenes is 1. The van der Waals surface area contributed by atoms with Gasteiger partial charge in [0.1, 0.15) is 5.60 Å². The molecular formula is C15H19NO. The summed E-state index contributed by atoms with van der Waals surface area (Å²) in [5.74, 6) is 2.50. The van der Waals surface area contributed by atoms with E-state index in [-0.39, 0.29) is 0 Å². The van der Waals surface area contributed by atoms with Gasteiger partial charge in [-0.2, -0.15) is 0 Å². The van der Waals surface area contributed by atoms with Crippen LogP contribution in [-0.4, -0.2) is 35.2 Å². The molecule has 2 nitrogen and oxygen atoms in total. The summed E-state index contributed by atoms with van der Waals surface area (Å²) in [6.45, 7) is 2.84. The Morgan fingerprint density at radius 2 is 1.88 bits per heavy atom. The number of nitrogens with zero attached hydrogens (tertiary/aromatic N) is 1. The lowest BCUT2D eigenvalue weighted by atomic mass is 9.92. The van der Waals surface area contributed by atoms with Crippen LogP contribution in [0.25, 0.3) is 0 Å². The van der Waals surface area contributed by atoms with Crippen LogP contribution >= 0.6 is 0 Å². The van der Waals surface area contributed by atoms with E-state index in [0.717, 1.165) is 26.1 Å². The van der Waals surface area contributed by atoms with E-state index in [2.05, 4.69) is 35.1 Å². The van der Waals surface area contributed by atoms with E-state index >= 15 is 0 Å². The molecule has 0 unspecified atom stereocenters. The highest BCUT2D eigenvalue weighted by atomic mass is 16.3. The lowest BCUT2D eigenvalue weighted by Crippen LogP contribution is -2.44. The molecule has 0 atom stereocenters. The van der Waals surface area contributed by atoms with E-state index in [1.165, 1.54) is 5.56 Å². The number of piperidine rings is 1. The molecule has 0 bridgehead atoms. The van der Waals surface area contributed by atoms with Gasteiger partial charge in [-0.1, -0.05) is 36.3 Å². The lowest BCUT2D eigenvalue weighted by molar-refractivity contribution is 0.0277. The average molecular weight is 229 g/mol. The van der Waals surface area contributed by atoms with Crippen LogP contribution < -0.4 is 0 Å². The van der Waals surface area contributed by atoms with Gasteiger partial charge in [0.15, 0.2) is 0 Å². The first-order chi connectivity index (χ1) is 8.22. The highest BCUT2D eigenvalue weighted by Gasteiger charge is 2.29. The van der Waals surface area contributed by atoms with Crippen molar-refractivity contribution in [1.29, 1.82) is 0 Å². The van der Waals surface area contributed by atoms with E-state index < -0.39 is 5.60 Å². The van der Waals surface area contributed by atoms with Gasteiger partial charge in [0, 0.05) is 32.5 Å². The zero-order chi connectivity index (χ0) is 12.1.